The molecule has 0 aliphatic heterocycles. The van der Waals surface area contributed by atoms with Gasteiger partial charge in [-0.2, -0.15) is 13.2 Å². The first-order valence-corrected chi connectivity index (χ1v) is 9.71. The summed E-state index contributed by atoms with van der Waals surface area (Å²) in [6.07, 6.45) is -3.22. The summed E-state index contributed by atoms with van der Waals surface area (Å²) < 4.78 is 64.0. The number of sulfonamides is 1. The van der Waals surface area contributed by atoms with Crippen LogP contribution >= 0.6 is 11.6 Å². The van der Waals surface area contributed by atoms with Crippen LogP contribution < -0.4 is 9.62 Å². The molecule has 0 aliphatic rings. The smallest absolute Gasteiger partial charge is 0.343 e. The molecule has 2 aromatic carbocycles. The second-order valence-corrected chi connectivity index (χ2v) is 7.87. The van der Waals surface area contributed by atoms with Crippen LogP contribution in [-0.4, -0.2) is 33.6 Å². The van der Waals surface area contributed by atoms with Crippen molar-refractivity contribution in [2.45, 2.75) is 11.1 Å². The Balaban J connectivity index is 2.40. The molecule has 0 spiro atoms. The minimum atomic E-state index is -4.58. The number of carbonyl (C=O) groups excluding carboxylic acids is 1. The van der Waals surface area contributed by atoms with Gasteiger partial charge >= 0.3 is 6.18 Å². The van der Waals surface area contributed by atoms with Crippen molar-refractivity contribution in [1.82, 2.24) is 5.32 Å². The Hall–Kier alpha value is -2.52. The predicted molar refractivity (Wildman–Crippen MR) is 101 cm³/mol. The maximum Gasteiger partial charge on any atom is 0.405 e. The fourth-order valence-electron chi connectivity index (χ4n) is 2.30. The minimum absolute atomic E-state index is 0.101. The quantitative estimate of drug-likeness (QED) is 0.672. The van der Waals surface area contributed by atoms with Crippen molar-refractivity contribution in [3.8, 4) is 0 Å². The number of alkyl halides is 3. The summed E-state index contributed by atoms with van der Waals surface area (Å²) in [5, 5.41) is 1.89. The summed E-state index contributed by atoms with van der Waals surface area (Å²) in [6.45, 7) is 1.91. The van der Waals surface area contributed by atoms with E-state index in [0.29, 0.717) is 0 Å². The van der Waals surface area contributed by atoms with Gasteiger partial charge in [-0.05, 0) is 30.3 Å². The van der Waals surface area contributed by atoms with Crippen molar-refractivity contribution in [2.24, 2.45) is 0 Å². The number of nitrogens with one attached hydrogen (secondary N) is 1. The van der Waals surface area contributed by atoms with E-state index in [2.05, 4.69) is 6.58 Å². The molecule has 10 heteroatoms. The van der Waals surface area contributed by atoms with Crippen LogP contribution in [0.4, 0.5) is 18.9 Å². The number of amides is 1. The highest BCUT2D eigenvalue weighted by Crippen LogP contribution is 2.30. The van der Waals surface area contributed by atoms with E-state index in [9.17, 15) is 26.4 Å². The van der Waals surface area contributed by atoms with Gasteiger partial charge in [-0.3, -0.25) is 9.10 Å². The molecule has 0 radical (unpaired) electrons. The monoisotopic (exact) mass is 432 g/mol. The van der Waals surface area contributed by atoms with Gasteiger partial charge in [0.25, 0.3) is 15.9 Å². The Morgan fingerprint density at radius 3 is 2.46 bits per heavy atom. The first-order valence-electron chi connectivity index (χ1n) is 7.89. The largest absolute Gasteiger partial charge is 0.405 e. The van der Waals surface area contributed by atoms with Crippen molar-refractivity contribution in [2.75, 3.05) is 17.4 Å². The first-order chi connectivity index (χ1) is 13.1. The van der Waals surface area contributed by atoms with E-state index >= 15 is 0 Å². The van der Waals surface area contributed by atoms with E-state index in [1.807, 2.05) is 0 Å². The molecule has 0 aromatic heterocycles. The van der Waals surface area contributed by atoms with Crippen molar-refractivity contribution >= 4 is 33.2 Å². The number of halogens is 4. The summed E-state index contributed by atoms with van der Waals surface area (Å²) in [4.78, 5) is 11.7. The van der Waals surface area contributed by atoms with Gasteiger partial charge in [0, 0.05) is 5.56 Å². The van der Waals surface area contributed by atoms with Gasteiger partial charge in [-0.1, -0.05) is 35.9 Å². The van der Waals surface area contributed by atoms with Crippen LogP contribution in [0.1, 0.15) is 10.4 Å². The van der Waals surface area contributed by atoms with Gasteiger partial charge in [0.15, 0.2) is 0 Å². The molecule has 28 heavy (non-hydrogen) atoms. The maximum absolute atomic E-state index is 13.1. The van der Waals surface area contributed by atoms with Crippen LogP contribution in [0.25, 0.3) is 0 Å². The molecule has 0 fully saturated rings. The fourth-order valence-corrected chi connectivity index (χ4v) is 4.09. The molecule has 0 saturated heterocycles. The maximum atomic E-state index is 13.1. The second-order valence-electron chi connectivity index (χ2n) is 5.60. The Kier molecular flexibility index (Phi) is 6.73. The van der Waals surface area contributed by atoms with Crippen LogP contribution in [0, 0.1) is 0 Å². The van der Waals surface area contributed by atoms with Crippen LogP contribution in [0.3, 0.4) is 0 Å². The molecular weight excluding hydrogens is 417 g/mol. The number of hydrogen-bond donors (Lipinski definition) is 1. The first kappa shape index (κ1) is 21.8. The van der Waals surface area contributed by atoms with Gasteiger partial charge in [0.1, 0.15) is 6.54 Å². The minimum Gasteiger partial charge on any atom is -0.343 e. The van der Waals surface area contributed by atoms with Crippen molar-refractivity contribution in [1.29, 1.82) is 0 Å². The summed E-state index contributed by atoms with van der Waals surface area (Å²) in [7, 11) is -4.16. The van der Waals surface area contributed by atoms with E-state index in [1.54, 1.807) is 17.4 Å². The van der Waals surface area contributed by atoms with E-state index in [0.717, 1.165) is 10.4 Å². The Morgan fingerprint density at radius 2 is 1.86 bits per heavy atom. The van der Waals surface area contributed by atoms with Crippen molar-refractivity contribution in [3.63, 3.8) is 0 Å². The number of benzene rings is 2. The van der Waals surface area contributed by atoms with E-state index < -0.39 is 28.7 Å². The van der Waals surface area contributed by atoms with Gasteiger partial charge in [0.2, 0.25) is 0 Å². The lowest BCUT2D eigenvalue weighted by Gasteiger charge is -2.24. The van der Waals surface area contributed by atoms with Crippen molar-refractivity contribution in [3.05, 3.63) is 71.8 Å². The average molecular weight is 433 g/mol. The molecule has 0 aliphatic carbocycles. The molecule has 150 valence electrons. The molecule has 2 aromatic rings. The molecule has 5 nitrogen and oxygen atoms in total. The highest BCUT2D eigenvalue weighted by molar-refractivity contribution is 7.92. The lowest BCUT2D eigenvalue weighted by molar-refractivity contribution is -0.123. The van der Waals surface area contributed by atoms with Crippen LogP contribution in [0.5, 0.6) is 0 Å². The zero-order valence-electron chi connectivity index (χ0n) is 14.4. The number of anilines is 1. The third kappa shape index (κ3) is 5.26. The lowest BCUT2D eigenvalue weighted by Crippen LogP contribution is -2.34. The van der Waals surface area contributed by atoms with Gasteiger partial charge in [-0.15, -0.1) is 6.58 Å². The molecule has 0 bridgehead atoms. The molecular formula is C18H16ClF3N2O3S. The Bertz CT molecular complexity index is 978. The van der Waals surface area contributed by atoms with Gasteiger partial charge in [0.05, 0.1) is 22.2 Å². The van der Waals surface area contributed by atoms with E-state index in [1.165, 1.54) is 36.4 Å². The van der Waals surface area contributed by atoms with Crippen LogP contribution in [-0.2, 0) is 10.0 Å². The topological polar surface area (TPSA) is 66.5 Å². The predicted octanol–water partition coefficient (Wildman–Crippen LogP) is 4.01. The number of para-hydroxylation sites is 1. The molecule has 0 atom stereocenters. The number of carbonyl (C=O) groups is 1. The SMILES string of the molecule is C=CCN(c1ccccc1Cl)S(=O)(=O)c1cccc(C(=O)NCC(F)(F)F)c1. The molecule has 2 rings (SSSR count). The molecule has 0 heterocycles. The van der Waals surface area contributed by atoms with Gasteiger partial charge in [-0.25, -0.2) is 8.42 Å². The third-order valence-electron chi connectivity index (χ3n) is 3.55. The highest BCUT2D eigenvalue weighted by atomic mass is 35.5. The third-order valence-corrected chi connectivity index (χ3v) is 5.64. The number of nitrogens with zero attached hydrogens (tertiary/aromatic N) is 1. The highest BCUT2D eigenvalue weighted by Gasteiger charge is 2.29. The molecule has 0 unspecified atom stereocenters. The normalized spacial score (nSPS) is 11.7. The molecule has 1 N–H and O–H groups in total. The Morgan fingerprint density at radius 1 is 1.18 bits per heavy atom. The summed E-state index contributed by atoms with van der Waals surface area (Å²) >= 11 is 6.10. The summed E-state index contributed by atoms with van der Waals surface area (Å²) in [6, 6.07) is 11.0. The van der Waals surface area contributed by atoms with E-state index in [-0.39, 0.29) is 27.7 Å². The fraction of sp³-hybridized carbons (Fsp3) is 0.167. The zero-order valence-corrected chi connectivity index (χ0v) is 16.0. The summed E-state index contributed by atoms with van der Waals surface area (Å²) in [5.74, 6) is -1.04. The molecule has 1 amide bonds. The summed E-state index contributed by atoms with van der Waals surface area (Å²) in [5.41, 5.74) is -0.0148. The van der Waals surface area contributed by atoms with Crippen molar-refractivity contribution < 1.29 is 26.4 Å². The number of rotatable bonds is 7. The standard InChI is InChI=1S/C18H16ClF3N2O3S/c1-2-10-24(16-9-4-3-8-15(16)19)28(26,27)14-7-5-6-13(11-14)17(25)23-12-18(20,21)22/h2-9,11H,1,10,12H2,(H,23,25). The average Bonchev–Trinajstić information content (AvgIpc) is 2.64. The second kappa shape index (κ2) is 8.66. The lowest BCUT2D eigenvalue weighted by atomic mass is 10.2. The number of hydrogen-bond acceptors (Lipinski definition) is 3. The Labute approximate surface area is 165 Å². The van der Waals surface area contributed by atoms with Crippen LogP contribution in [0.15, 0.2) is 66.1 Å². The zero-order chi connectivity index (χ0) is 20.9. The van der Waals surface area contributed by atoms with E-state index in [4.69, 9.17) is 11.6 Å². The van der Waals surface area contributed by atoms with Gasteiger partial charge < -0.3 is 5.32 Å². The molecule has 0 saturated carbocycles. The van der Waals surface area contributed by atoms with Crippen LogP contribution in [0.2, 0.25) is 5.02 Å².